The van der Waals surface area contributed by atoms with Crippen LogP contribution in [0.15, 0.2) is 24.3 Å². The molecule has 0 bridgehead atoms. The van der Waals surface area contributed by atoms with Crippen molar-refractivity contribution in [1.82, 2.24) is 20.1 Å². The van der Waals surface area contributed by atoms with Crippen molar-refractivity contribution in [2.45, 2.75) is 6.92 Å². The second-order valence-corrected chi connectivity index (χ2v) is 4.71. The number of halogens is 1. The van der Waals surface area contributed by atoms with Gasteiger partial charge in [0, 0.05) is 12.1 Å². The van der Waals surface area contributed by atoms with E-state index in [1.807, 2.05) is 0 Å². The lowest BCUT2D eigenvalue weighted by Crippen LogP contribution is -2.31. The van der Waals surface area contributed by atoms with E-state index in [1.165, 1.54) is 4.90 Å². The molecule has 6 nitrogen and oxygen atoms in total. The van der Waals surface area contributed by atoms with Crippen molar-refractivity contribution >= 4 is 17.5 Å². The molecule has 20 heavy (non-hydrogen) atoms. The fourth-order valence-corrected chi connectivity index (χ4v) is 1.67. The monoisotopic (exact) mass is 294 g/mol. The molecule has 0 spiro atoms. The lowest BCUT2D eigenvalue weighted by atomic mass is 10.3. The molecule has 0 saturated carbocycles. The molecule has 2 aromatic rings. The van der Waals surface area contributed by atoms with Crippen LogP contribution in [-0.2, 0) is 0 Å². The van der Waals surface area contributed by atoms with E-state index in [-0.39, 0.29) is 11.7 Å². The van der Waals surface area contributed by atoms with Gasteiger partial charge >= 0.3 is 0 Å². The van der Waals surface area contributed by atoms with E-state index >= 15 is 0 Å². The smallest absolute Gasteiger partial charge is 0.293 e. The van der Waals surface area contributed by atoms with E-state index in [4.69, 9.17) is 16.3 Å². The van der Waals surface area contributed by atoms with Gasteiger partial charge in [-0.1, -0.05) is 11.6 Å². The number of hydrogen-bond acceptors (Lipinski definition) is 4. The number of ether oxygens (including phenoxy) is 1. The molecule has 0 unspecified atom stereocenters. The van der Waals surface area contributed by atoms with Crippen LogP contribution in [0.2, 0.25) is 5.02 Å². The van der Waals surface area contributed by atoms with Crippen LogP contribution in [0.4, 0.5) is 0 Å². The summed E-state index contributed by atoms with van der Waals surface area (Å²) in [5.41, 5.74) is 0. The first-order valence-electron chi connectivity index (χ1n) is 6.09. The summed E-state index contributed by atoms with van der Waals surface area (Å²) in [5.74, 6) is 1.24. The summed E-state index contributed by atoms with van der Waals surface area (Å²) in [6, 6.07) is 7.07. The zero-order chi connectivity index (χ0) is 14.5. The average molecular weight is 295 g/mol. The number of hydrogen-bond donors (Lipinski definition) is 1. The van der Waals surface area contributed by atoms with Gasteiger partial charge in [-0.2, -0.15) is 0 Å². The van der Waals surface area contributed by atoms with Crippen molar-refractivity contribution in [3.05, 3.63) is 40.9 Å². The number of carbonyl (C=O) groups is 1. The summed E-state index contributed by atoms with van der Waals surface area (Å²) in [4.78, 5) is 17.5. The van der Waals surface area contributed by atoms with Gasteiger partial charge in [-0.3, -0.25) is 9.89 Å². The fraction of sp³-hybridized carbons (Fsp3) is 0.308. The highest BCUT2D eigenvalue weighted by Crippen LogP contribution is 2.15. The Labute approximate surface area is 121 Å². The van der Waals surface area contributed by atoms with Gasteiger partial charge in [0.25, 0.3) is 5.91 Å². The first-order chi connectivity index (χ1) is 9.56. The highest BCUT2D eigenvalue weighted by atomic mass is 35.5. The van der Waals surface area contributed by atoms with E-state index in [9.17, 15) is 4.79 Å². The number of aromatic nitrogens is 3. The van der Waals surface area contributed by atoms with Gasteiger partial charge < -0.3 is 9.64 Å². The second kappa shape index (κ2) is 6.38. The molecule has 1 heterocycles. The third kappa shape index (κ3) is 3.71. The molecule has 0 fully saturated rings. The first-order valence-corrected chi connectivity index (χ1v) is 6.47. The summed E-state index contributed by atoms with van der Waals surface area (Å²) in [6.07, 6.45) is 0. The van der Waals surface area contributed by atoms with Gasteiger partial charge in [-0.05, 0) is 31.2 Å². The molecule has 1 aromatic carbocycles. The summed E-state index contributed by atoms with van der Waals surface area (Å²) < 4.78 is 5.52. The number of amides is 1. The number of rotatable bonds is 5. The molecule has 106 valence electrons. The largest absolute Gasteiger partial charge is 0.492 e. The number of nitrogens with zero attached hydrogens (tertiary/aromatic N) is 3. The van der Waals surface area contributed by atoms with Gasteiger partial charge in [0.05, 0.1) is 6.54 Å². The van der Waals surface area contributed by atoms with Crippen molar-refractivity contribution in [3.8, 4) is 5.75 Å². The molecule has 7 heteroatoms. The Morgan fingerprint density at radius 1 is 1.40 bits per heavy atom. The van der Waals surface area contributed by atoms with Crippen molar-refractivity contribution in [1.29, 1.82) is 0 Å². The van der Waals surface area contributed by atoms with E-state index in [0.29, 0.717) is 29.7 Å². The molecule has 1 N–H and O–H groups in total. The number of carbonyl (C=O) groups excluding carboxylic acids is 1. The fourth-order valence-electron chi connectivity index (χ4n) is 1.54. The van der Waals surface area contributed by atoms with Crippen LogP contribution >= 0.6 is 11.6 Å². The standard InChI is InChI=1S/C13H15ClN4O2/c1-9-15-12(17-16-9)13(19)18(2)7-8-20-11-5-3-10(14)4-6-11/h3-6H,7-8H2,1-2H3,(H,15,16,17). The van der Waals surface area contributed by atoms with Gasteiger partial charge in [0.2, 0.25) is 5.82 Å². The van der Waals surface area contributed by atoms with Gasteiger partial charge in [-0.15, -0.1) is 5.10 Å². The molecular weight excluding hydrogens is 280 g/mol. The minimum atomic E-state index is -0.242. The molecular formula is C13H15ClN4O2. The maximum absolute atomic E-state index is 12.0. The number of H-pyrrole nitrogens is 1. The van der Waals surface area contributed by atoms with E-state index in [1.54, 1.807) is 38.2 Å². The van der Waals surface area contributed by atoms with Crippen molar-refractivity contribution in [2.75, 3.05) is 20.2 Å². The number of aryl methyl sites for hydroxylation is 1. The van der Waals surface area contributed by atoms with Crippen LogP contribution < -0.4 is 4.74 Å². The van der Waals surface area contributed by atoms with Crippen molar-refractivity contribution in [2.24, 2.45) is 0 Å². The van der Waals surface area contributed by atoms with Crippen LogP contribution in [0.3, 0.4) is 0 Å². The highest BCUT2D eigenvalue weighted by molar-refractivity contribution is 6.30. The number of benzene rings is 1. The first kappa shape index (κ1) is 14.3. The van der Waals surface area contributed by atoms with Crippen LogP contribution in [0, 0.1) is 6.92 Å². The summed E-state index contributed by atoms with van der Waals surface area (Å²) in [5, 5.41) is 7.13. The Morgan fingerprint density at radius 2 is 2.10 bits per heavy atom. The molecule has 0 aliphatic heterocycles. The third-order valence-electron chi connectivity index (χ3n) is 2.64. The Hall–Kier alpha value is -2.08. The zero-order valence-electron chi connectivity index (χ0n) is 11.3. The Kier molecular flexibility index (Phi) is 4.57. The topological polar surface area (TPSA) is 71.1 Å². The predicted molar refractivity (Wildman–Crippen MR) is 75.0 cm³/mol. The Balaban J connectivity index is 1.81. The third-order valence-corrected chi connectivity index (χ3v) is 2.90. The maximum Gasteiger partial charge on any atom is 0.293 e. The average Bonchev–Trinajstić information content (AvgIpc) is 2.86. The lowest BCUT2D eigenvalue weighted by Gasteiger charge is -2.15. The molecule has 0 radical (unpaired) electrons. The van der Waals surface area contributed by atoms with E-state index in [0.717, 1.165) is 0 Å². The quantitative estimate of drug-likeness (QED) is 0.914. The molecule has 0 aliphatic rings. The van der Waals surface area contributed by atoms with Crippen LogP contribution in [-0.4, -0.2) is 46.2 Å². The molecule has 0 aliphatic carbocycles. The zero-order valence-corrected chi connectivity index (χ0v) is 12.0. The summed E-state index contributed by atoms with van der Waals surface area (Å²) in [6.45, 7) is 2.57. The SMILES string of the molecule is Cc1nc(C(=O)N(C)CCOc2ccc(Cl)cc2)n[nH]1. The normalized spacial score (nSPS) is 10.3. The van der Waals surface area contributed by atoms with Gasteiger partial charge in [0.15, 0.2) is 0 Å². The predicted octanol–water partition coefficient (Wildman–Crippen LogP) is 1.92. The van der Waals surface area contributed by atoms with Crippen LogP contribution in [0.1, 0.15) is 16.4 Å². The molecule has 1 aromatic heterocycles. The number of nitrogens with one attached hydrogen (secondary N) is 1. The molecule has 0 saturated heterocycles. The van der Waals surface area contributed by atoms with Crippen LogP contribution in [0.5, 0.6) is 5.75 Å². The van der Waals surface area contributed by atoms with Crippen molar-refractivity contribution in [3.63, 3.8) is 0 Å². The lowest BCUT2D eigenvalue weighted by molar-refractivity contribution is 0.0762. The van der Waals surface area contributed by atoms with E-state index < -0.39 is 0 Å². The van der Waals surface area contributed by atoms with Gasteiger partial charge in [0.1, 0.15) is 18.2 Å². The minimum absolute atomic E-state index is 0.163. The van der Waals surface area contributed by atoms with E-state index in [2.05, 4.69) is 15.2 Å². The van der Waals surface area contributed by atoms with Crippen LogP contribution in [0.25, 0.3) is 0 Å². The minimum Gasteiger partial charge on any atom is -0.492 e. The molecule has 1 amide bonds. The number of aromatic amines is 1. The molecule has 2 rings (SSSR count). The molecule has 0 atom stereocenters. The Morgan fingerprint density at radius 3 is 2.70 bits per heavy atom. The summed E-state index contributed by atoms with van der Waals surface area (Å²) >= 11 is 5.78. The summed E-state index contributed by atoms with van der Waals surface area (Å²) in [7, 11) is 1.68. The van der Waals surface area contributed by atoms with Gasteiger partial charge in [-0.25, -0.2) is 4.98 Å². The maximum atomic E-state index is 12.0. The Bertz CT molecular complexity index is 582. The second-order valence-electron chi connectivity index (χ2n) is 4.27. The van der Waals surface area contributed by atoms with Crippen molar-refractivity contribution < 1.29 is 9.53 Å². The highest BCUT2D eigenvalue weighted by Gasteiger charge is 2.16. The number of likely N-dealkylation sites (N-methyl/N-ethyl adjacent to an activating group) is 1.